The van der Waals surface area contributed by atoms with Gasteiger partial charge in [0.1, 0.15) is 5.76 Å². The number of carbonyl (C=O) groups excluding carboxylic acids is 1. The fourth-order valence-corrected chi connectivity index (χ4v) is 1.89. The molecule has 0 aliphatic rings. The van der Waals surface area contributed by atoms with E-state index in [1.807, 2.05) is 25.1 Å². The van der Waals surface area contributed by atoms with E-state index in [0.717, 1.165) is 6.42 Å². The first kappa shape index (κ1) is 13.1. The van der Waals surface area contributed by atoms with Gasteiger partial charge in [-0.15, -0.1) is 0 Å². The Hall–Kier alpha value is -2.30. The van der Waals surface area contributed by atoms with Crippen LogP contribution in [0.1, 0.15) is 29.6 Å². The minimum Gasteiger partial charge on any atom is -0.397 e. The molecule has 19 heavy (non-hydrogen) atoms. The Morgan fingerprint density at radius 2 is 2.16 bits per heavy atom. The smallest absolute Gasteiger partial charge is 0.280 e. The summed E-state index contributed by atoms with van der Waals surface area (Å²) in [5.41, 5.74) is 7.51. The molecule has 0 radical (unpaired) electrons. The lowest BCUT2D eigenvalue weighted by atomic mass is 10.2. The highest BCUT2D eigenvalue weighted by Crippen LogP contribution is 2.24. The summed E-state index contributed by atoms with van der Waals surface area (Å²) in [4.78, 5) is 14.1. The largest absolute Gasteiger partial charge is 0.397 e. The topological polar surface area (TPSA) is 72.4 Å². The van der Waals surface area contributed by atoms with Crippen molar-refractivity contribution >= 4 is 17.3 Å². The van der Waals surface area contributed by atoms with Gasteiger partial charge in [0.25, 0.3) is 5.91 Å². The van der Waals surface area contributed by atoms with Crippen LogP contribution >= 0.6 is 0 Å². The van der Waals surface area contributed by atoms with Gasteiger partial charge >= 0.3 is 0 Å². The molecule has 0 spiro atoms. The maximum absolute atomic E-state index is 12.4. The van der Waals surface area contributed by atoms with Crippen LogP contribution in [0, 0.1) is 6.92 Å². The first-order valence-electron chi connectivity index (χ1n) is 6.23. The van der Waals surface area contributed by atoms with Gasteiger partial charge in [0, 0.05) is 12.6 Å². The standard InChI is InChI=1S/C14H17N3O2/c1-3-8-17(13-7-5-4-6-11(13)15)14(18)12-9-10(2)19-16-12/h4-7,9H,3,8,15H2,1-2H3. The van der Waals surface area contributed by atoms with Crippen molar-refractivity contribution in [1.82, 2.24) is 5.16 Å². The minimum atomic E-state index is -0.198. The van der Waals surface area contributed by atoms with E-state index >= 15 is 0 Å². The molecule has 5 heteroatoms. The molecule has 5 nitrogen and oxygen atoms in total. The Morgan fingerprint density at radius 3 is 2.74 bits per heavy atom. The number of nitrogens with two attached hydrogens (primary N) is 1. The molecule has 1 heterocycles. The van der Waals surface area contributed by atoms with Crippen molar-refractivity contribution in [1.29, 1.82) is 0 Å². The molecule has 0 atom stereocenters. The van der Waals surface area contributed by atoms with Gasteiger partial charge in [0.05, 0.1) is 11.4 Å². The summed E-state index contributed by atoms with van der Waals surface area (Å²) in [5, 5.41) is 3.77. The number of hydrogen-bond acceptors (Lipinski definition) is 4. The highest BCUT2D eigenvalue weighted by molar-refractivity contribution is 6.06. The zero-order chi connectivity index (χ0) is 13.8. The van der Waals surface area contributed by atoms with Gasteiger partial charge < -0.3 is 15.2 Å². The van der Waals surface area contributed by atoms with Crippen LogP contribution in [0.2, 0.25) is 0 Å². The Kier molecular flexibility index (Phi) is 3.85. The minimum absolute atomic E-state index is 0.198. The van der Waals surface area contributed by atoms with Crippen molar-refractivity contribution in [2.24, 2.45) is 0 Å². The summed E-state index contributed by atoms with van der Waals surface area (Å²) in [5.74, 6) is 0.414. The molecule has 2 N–H and O–H groups in total. The van der Waals surface area contributed by atoms with E-state index in [-0.39, 0.29) is 5.91 Å². The van der Waals surface area contributed by atoms with Crippen LogP contribution < -0.4 is 10.6 Å². The average molecular weight is 259 g/mol. The van der Waals surface area contributed by atoms with Crippen molar-refractivity contribution in [3.8, 4) is 0 Å². The number of benzene rings is 1. The lowest BCUT2D eigenvalue weighted by Gasteiger charge is -2.22. The summed E-state index contributed by atoms with van der Waals surface area (Å²) in [6, 6.07) is 8.93. The third-order valence-corrected chi connectivity index (χ3v) is 2.77. The zero-order valence-electron chi connectivity index (χ0n) is 11.1. The maximum Gasteiger partial charge on any atom is 0.280 e. The van der Waals surface area contributed by atoms with Crippen molar-refractivity contribution in [2.45, 2.75) is 20.3 Å². The van der Waals surface area contributed by atoms with Crippen LogP contribution in [0.3, 0.4) is 0 Å². The Bertz CT molecular complexity index is 578. The second-order valence-corrected chi connectivity index (χ2v) is 4.34. The van der Waals surface area contributed by atoms with Gasteiger partial charge in [0.2, 0.25) is 0 Å². The number of rotatable bonds is 4. The molecule has 2 aromatic rings. The van der Waals surface area contributed by atoms with E-state index in [1.165, 1.54) is 0 Å². The summed E-state index contributed by atoms with van der Waals surface area (Å²) in [6.07, 6.45) is 0.830. The van der Waals surface area contributed by atoms with Gasteiger partial charge in [0.15, 0.2) is 5.69 Å². The molecule has 1 amide bonds. The van der Waals surface area contributed by atoms with Gasteiger partial charge in [-0.25, -0.2) is 0 Å². The zero-order valence-corrected chi connectivity index (χ0v) is 11.1. The normalized spacial score (nSPS) is 10.4. The molecular weight excluding hydrogens is 242 g/mol. The third kappa shape index (κ3) is 2.76. The average Bonchev–Trinajstić information content (AvgIpc) is 2.83. The number of nitrogen functional groups attached to an aromatic ring is 1. The molecule has 1 aromatic carbocycles. The maximum atomic E-state index is 12.4. The van der Waals surface area contributed by atoms with E-state index in [1.54, 1.807) is 24.0 Å². The Balaban J connectivity index is 2.35. The monoisotopic (exact) mass is 259 g/mol. The van der Waals surface area contributed by atoms with Crippen LogP contribution in [0.5, 0.6) is 0 Å². The second-order valence-electron chi connectivity index (χ2n) is 4.34. The van der Waals surface area contributed by atoms with E-state index < -0.39 is 0 Å². The third-order valence-electron chi connectivity index (χ3n) is 2.77. The van der Waals surface area contributed by atoms with Crippen molar-refractivity contribution in [2.75, 3.05) is 17.2 Å². The van der Waals surface area contributed by atoms with Crippen LogP contribution in [0.15, 0.2) is 34.9 Å². The number of para-hydroxylation sites is 2. The summed E-state index contributed by atoms with van der Waals surface area (Å²) >= 11 is 0. The number of hydrogen-bond donors (Lipinski definition) is 1. The van der Waals surface area contributed by atoms with E-state index in [0.29, 0.717) is 29.4 Å². The molecule has 2 rings (SSSR count). The second kappa shape index (κ2) is 5.56. The molecule has 0 aliphatic heterocycles. The van der Waals surface area contributed by atoms with Gasteiger partial charge in [-0.2, -0.15) is 0 Å². The van der Waals surface area contributed by atoms with E-state index in [9.17, 15) is 4.79 Å². The molecule has 0 unspecified atom stereocenters. The van der Waals surface area contributed by atoms with Gasteiger partial charge in [-0.05, 0) is 25.5 Å². The lowest BCUT2D eigenvalue weighted by molar-refractivity contribution is 0.0978. The molecule has 0 aliphatic carbocycles. The van der Waals surface area contributed by atoms with Gasteiger partial charge in [-0.3, -0.25) is 4.79 Å². The SMILES string of the molecule is CCCN(C(=O)c1cc(C)on1)c1ccccc1N. The van der Waals surface area contributed by atoms with Crippen LogP contribution in [0.25, 0.3) is 0 Å². The predicted octanol–water partition coefficient (Wildman–Crippen LogP) is 2.62. The fraction of sp³-hybridized carbons (Fsp3) is 0.286. The highest BCUT2D eigenvalue weighted by atomic mass is 16.5. The van der Waals surface area contributed by atoms with E-state index in [4.69, 9.17) is 10.3 Å². The van der Waals surface area contributed by atoms with Crippen molar-refractivity contribution < 1.29 is 9.32 Å². The Labute approximate surface area is 112 Å². The molecule has 0 bridgehead atoms. The number of aryl methyl sites for hydroxylation is 1. The van der Waals surface area contributed by atoms with Crippen LogP contribution in [-0.4, -0.2) is 17.6 Å². The van der Waals surface area contributed by atoms with Crippen molar-refractivity contribution in [3.63, 3.8) is 0 Å². The molecule has 0 fully saturated rings. The van der Waals surface area contributed by atoms with Crippen molar-refractivity contribution in [3.05, 3.63) is 41.8 Å². The first-order valence-corrected chi connectivity index (χ1v) is 6.23. The molecule has 0 saturated carbocycles. The molecular formula is C14H17N3O2. The fourth-order valence-electron chi connectivity index (χ4n) is 1.89. The van der Waals surface area contributed by atoms with E-state index in [2.05, 4.69) is 5.16 Å². The highest BCUT2D eigenvalue weighted by Gasteiger charge is 2.21. The molecule has 1 aromatic heterocycles. The Morgan fingerprint density at radius 1 is 1.42 bits per heavy atom. The number of anilines is 2. The van der Waals surface area contributed by atoms with Crippen LogP contribution in [0.4, 0.5) is 11.4 Å². The number of amides is 1. The lowest BCUT2D eigenvalue weighted by Crippen LogP contribution is -2.32. The number of aromatic nitrogens is 1. The molecule has 0 saturated heterocycles. The summed E-state index contributed by atoms with van der Waals surface area (Å²) in [6.45, 7) is 4.34. The number of carbonyl (C=O) groups is 1. The van der Waals surface area contributed by atoms with Crippen LogP contribution in [-0.2, 0) is 0 Å². The summed E-state index contributed by atoms with van der Waals surface area (Å²) < 4.78 is 4.95. The molecule has 100 valence electrons. The number of nitrogens with zero attached hydrogens (tertiary/aromatic N) is 2. The first-order chi connectivity index (χ1) is 9.13. The predicted molar refractivity (Wildman–Crippen MR) is 74.1 cm³/mol. The summed E-state index contributed by atoms with van der Waals surface area (Å²) in [7, 11) is 0. The quantitative estimate of drug-likeness (QED) is 0.857. The van der Waals surface area contributed by atoms with Gasteiger partial charge in [-0.1, -0.05) is 24.2 Å².